The van der Waals surface area contributed by atoms with Gasteiger partial charge in [-0.3, -0.25) is 9.69 Å². The molecule has 2 aromatic carbocycles. The van der Waals surface area contributed by atoms with Gasteiger partial charge >= 0.3 is 0 Å². The number of hydrogen-bond donors (Lipinski definition) is 0. The van der Waals surface area contributed by atoms with Crippen molar-refractivity contribution in [1.29, 1.82) is 0 Å². The third kappa shape index (κ3) is 5.57. The highest BCUT2D eigenvalue weighted by atomic mass is 32.2. The molecule has 0 saturated carbocycles. The van der Waals surface area contributed by atoms with E-state index in [-0.39, 0.29) is 5.78 Å². The summed E-state index contributed by atoms with van der Waals surface area (Å²) < 4.78 is 33.5. The topological polar surface area (TPSA) is 66.9 Å². The molecule has 2 aromatic rings. The van der Waals surface area contributed by atoms with Gasteiger partial charge in [-0.25, -0.2) is 8.42 Å². The molecule has 7 heteroatoms. The van der Waals surface area contributed by atoms with Crippen LogP contribution in [0.25, 0.3) is 0 Å². The Morgan fingerprint density at radius 1 is 1.03 bits per heavy atom. The van der Waals surface area contributed by atoms with E-state index in [1.165, 1.54) is 0 Å². The number of piperazine rings is 1. The van der Waals surface area contributed by atoms with E-state index in [4.69, 9.17) is 4.74 Å². The fourth-order valence-electron chi connectivity index (χ4n) is 3.94. The van der Waals surface area contributed by atoms with Crippen molar-refractivity contribution in [1.82, 2.24) is 9.21 Å². The molecule has 174 valence electrons. The first-order chi connectivity index (χ1) is 15.3. The van der Waals surface area contributed by atoms with E-state index in [0.29, 0.717) is 55.7 Å². The molecule has 0 amide bonds. The predicted octanol–water partition coefficient (Wildman–Crippen LogP) is 4.31. The van der Waals surface area contributed by atoms with E-state index in [2.05, 4.69) is 18.7 Å². The lowest BCUT2D eigenvalue weighted by Gasteiger charge is -2.34. The normalized spacial score (nSPS) is 16.6. The molecule has 32 heavy (non-hydrogen) atoms. The number of hydrogen-bond acceptors (Lipinski definition) is 5. The molecular formula is C25H34N2O4S. The Bertz CT molecular complexity index is 1030. The van der Waals surface area contributed by atoms with E-state index in [9.17, 15) is 13.2 Å². The number of ether oxygens (including phenoxy) is 1. The molecule has 0 spiro atoms. The van der Waals surface area contributed by atoms with Crippen LogP contribution in [0, 0.1) is 0 Å². The summed E-state index contributed by atoms with van der Waals surface area (Å²) in [6.07, 6.45) is 1.02. The summed E-state index contributed by atoms with van der Waals surface area (Å²) in [5.74, 6) is 1.21. The summed E-state index contributed by atoms with van der Waals surface area (Å²) in [7, 11) is -3.50. The van der Waals surface area contributed by atoms with Gasteiger partial charge in [0.25, 0.3) is 0 Å². The summed E-state index contributed by atoms with van der Waals surface area (Å²) >= 11 is 0. The Balaban J connectivity index is 1.67. The number of rotatable bonds is 9. The number of sulfonamides is 1. The summed E-state index contributed by atoms with van der Waals surface area (Å²) in [4.78, 5) is 14.4. The molecule has 0 N–H and O–H groups in total. The first-order valence-electron chi connectivity index (χ1n) is 11.3. The molecule has 1 aliphatic rings. The molecule has 6 nitrogen and oxygen atoms in total. The standard InChI is InChI=1S/C25H34N2O4S/c1-5-19(3)21-7-10-24(11-8-21)32(29,30)27-15-13-26(14-16-27)18-23-17-22(20(4)28)9-12-25(23)31-6-2/h7-12,17,19H,5-6,13-16,18H2,1-4H3/t19-/m0/s1. The lowest BCUT2D eigenvalue weighted by Crippen LogP contribution is -2.48. The third-order valence-electron chi connectivity index (χ3n) is 6.19. The minimum Gasteiger partial charge on any atom is -0.494 e. The van der Waals surface area contributed by atoms with Crippen LogP contribution >= 0.6 is 0 Å². The number of Topliss-reactive ketones (excluding diaryl/α,β-unsaturated/α-hetero) is 1. The predicted molar refractivity (Wildman–Crippen MR) is 127 cm³/mol. The first kappa shape index (κ1) is 24.4. The van der Waals surface area contributed by atoms with Crippen molar-refractivity contribution < 1.29 is 17.9 Å². The summed E-state index contributed by atoms with van der Waals surface area (Å²) in [5, 5.41) is 0. The smallest absolute Gasteiger partial charge is 0.243 e. The molecule has 1 aliphatic heterocycles. The minimum absolute atomic E-state index is 0.0181. The Kier molecular flexibility index (Phi) is 8.09. The van der Waals surface area contributed by atoms with E-state index >= 15 is 0 Å². The van der Waals surface area contributed by atoms with Gasteiger partial charge in [-0.1, -0.05) is 26.0 Å². The number of nitrogens with zero attached hydrogens (tertiary/aromatic N) is 2. The maximum absolute atomic E-state index is 13.1. The largest absolute Gasteiger partial charge is 0.494 e. The Morgan fingerprint density at radius 3 is 2.25 bits per heavy atom. The Labute approximate surface area is 192 Å². The van der Waals surface area contributed by atoms with E-state index in [1.807, 2.05) is 31.2 Å². The van der Waals surface area contributed by atoms with Crippen LogP contribution in [0.4, 0.5) is 0 Å². The van der Waals surface area contributed by atoms with Crippen molar-refractivity contribution in [3.63, 3.8) is 0 Å². The fourth-order valence-corrected chi connectivity index (χ4v) is 5.36. The minimum atomic E-state index is -3.50. The monoisotopic (exact) mass is 458 g/mol. The average molecular weight is 459 g/mol. The zero-order valence-corrected chi connectivity index (χ0v) is 20.3. The molecule has 0 aromatic heterocycles. The molecule has 1 saturated heterocycles. The van der Waals surface area contributed by atoms with E-state index in [0.717, 1.165) is 23.3 Å². The van der Waals surface area contributed by atoms with Gasteiger partial charge in [-0.15, -0.1) is 0 Å². The molecule has 1 heterocycles. The molecule has 0 unspecified atom stereocenters. The molecule has 1 atom stereocenters. The van der Waals surface area contributed by atoms with Crippen LogP contribution < -0.4 is 4.74 Å². The summed E-state index contributed by atoms with van der Waals surface area (Å²) in [6, 6.07) is 12.8. The number of carbonyl (C=O) groups is 1. The van der Waals surface area contributed by atoms with Crippen molar-refractivity contribution in [2.75, 3.05) is 32.8 Å². The number of carbonyl (C=O) groups excluding carboxylic acids is 1. The van der Waals surface area contributed by atoms with Gasteiger partial charge < -0.3 is 4.74 Å². The molecule has 1 fully saturated rings. The van der Waals surface area contributed by atoms with Gasteiger partial charge in [0, 0.05) is 43.9 Å². The van der Waals surface area contributed by atoms with Gasteiger partial charge in [0.05, 0.1) is 11.5 Å². The van der Waals surface area contributed by atoms with Crippen molar-refractivity contribution in [2.45, 2.75) is 51.5 Å². The van der Waals surface area contributed by atoms with Crippen LogP contribution in [-0.2, 0) is 16.6 Å². The zero-order chi connectivity index (χ0) is 23.3. The third-order valence-corrected chi connectivity index (χ3v) is 8.10. The maximum Gasteiger partial charge on any atom is 0.243 e. The van der Waals surface area contributed by atoms with Gasteiger partial charge in [0.1, 0.15) is 5.75 Å². The van der Waals surface area contributed by atoms with Crippen molar-refractivity contribution in [2.24, 2.45) is 0 Å². The summed E-state index contributed by atoms with van der Waals surface area (Å²) in [5.41, 5.74) is 2.77. The molecule has 3 rings (SSSR count). The van der Waals surface area contributed by atoms with Crippen LogP contribution in [0.3, 0.4) is 0 Å². The SMILES string of the molecule is CCOc1ccc(C(C)=O)cc1CN1CCN(S(=O)(=O)c2ccc([C@@H](C)CC)cc2)CC1. The lowest BCUT2D eigenvalue weighted by atomic mass is 9.99. The highest BCUT2D eigenvalue weighted by molar-refractivity contribution is 7.89. The molecule has 0 bridgehead atoms. The van der Waals surface area contributed by atoms with Gasteiger partial charge in [0.15, 0.2) is 5.78 Å². The van der Waals surface area contributed by atoms with Crippen molar-refractivity contribution in [3.8, 4) is 5.75 Å². The van der Waals surface area contributed by atoms with Crippen LogP contribution in [-0.4, -0.2) is 56.2 Å². The Hall–Kier alpha value is -2.22. The molecule has 0 aliphatic carbocycles. The molecular weight excluding hydrogens is 424 g/mol. The van der Waals surface area contributed by atoms with E-state index in [1.54, 1.807) is 29.4 Å². The van der Waals surface area contributed by atoms with Gasteiger partial charge in [0.2, 0.25) is 10.0 Å². The Morgan fingerprint density at radius 2 is 1.69 bits per heavy atom. The maximum atomic E-state index is 13.1. The fraction of sp³-hybridized carbons (Fsp3) is 0.480. The van der Waals surface area contributed by atoms with E-state index < -0.39 is 10.0 Å². The lowest BCUT2D eigenvalue weighted by molar-refractivity contribution is 0.101. The zero-order valence-electron chi connectivity index (χ0n) is 19.5. The van der Waals surface area contributed by atoms with Crippen LogP contribution in [0.2, 0.25) is 0 Å². The second kappa shape index (κ2) is 10.6. The van der Waals surface area contributed by atoms with Gasteiger partial charge in [-0.2, -0.15) is 4.31 Å². The average Bonchev–Trinajstić information content (AvgIpc) is 2.80. The number of ketones is 1. The second-order valence-electron chi connectivity index (χ2n) is 8.37. The summed E-state index contributed by atoms with van der Waals surface area (Å²) in [6.45, 7) is 11.1. The number of benzene rings is 2. The van der Waals surface area contributed by atoms with Gasteiger partial charge in [-0.05, 0) is 62.1 Å². The van der Waals surface area contributed by atoms with Crippen LogP contribution in [0.5, 0.6) is 5.75 Å². The van der Waals surface area contributed by atoms with Crippen LogP contribution in [0.15, 0.2) is 47.4 Å². The molecule has 0 radical (unpaired) electrons. The second-order valence-corrected chi connectivity index (χ2v) is 10.3. The van der Waals surface area contributed by atoms with Crippen LogP contribution in [0.1, 0.15) is 61.5 Å². The highest BCUT2D eigenvalue weighted by Gasteiger charge is 2.29. The quantitative estimate of drug-likeness (QED) is 0.524. The van der Waals surface area contributed by atoms with Crippen molar-refractivity contribution >= 4 is 15.8 Å². The first-order valence-corrected chi connectivity index (χ1v) is 12.8. The van der Waals surface area contributed by atoms with Crippen molar-refractivity contribution in [3.05, 3.63) is 59.2 Å². The highest BCUT2D eigenvalue weighted by Crippen LogP contribution is 2.25.